The van der Waals surface area contributed by atoms with Crippen LogP contribution in [-0.4, -0.2) is 29.9 Å². The molecule has 0 aliphatic heterocycles. The number of carbonyl (C=O) groups is 2. The summed E-state index contributed by atoms with van der Waals surface area (Å²) in [6.07, 6.45) is 0.148. The number of ether oxygens (including phenoxy) is 1. The molecule has 0 aliphatic carbocycles. The highest BCUT2D eigenvalue weighted by Crippen LogP contribution is 2.28. The quantitative estimate of drug-likeness (QED) is 0.801. The van der Waals surface area contributed by atoms with E-state index in [1.165, 1.54) is 11.9 Å². The van der Waals surface area contributed by atoms with Crippen molar-refractivity contribution in [3.63, 3.8) is 0 Å². The van der Waals surface area contributed by atoms with Gasteiger partial charge in [0.2, 0.25) is 0 Å². The fourth-order valence-corrected chi connectivity index (χ4v) is 1.85. The summed E-state index contributed by atoms with van der Waals surface area (Å²) in [7, 11) is 1.53. The van der Waals surface area contributed by atoms with Gasteiger partial charge in [-0.05, 0) is 45.4 Å². The van der Waals surface area contributed by atoms with Crippen molar-refractivity contribution in [2.45, 2.75) is 38.8 Å². The Bertz CT molecular complexity index is 510. The Labute approximate surface area is 124 Å². The zero-order valence-corrected chi connectivity index (χ0v) is 13.2. The summed E-state index contributed by atoms with van der Waals surface area (Å²) in [5.74, 6) is 0. The predicted molar refractivity (Wildman–Crippen MR) is 78.9 cm³/mol. The molecule has 1 aromatic rings. The molecule has 4 nitrogen and oxygen atoms in total. The van der Waals surface area contributed by atoms with Crippen molar-refractivity contribution in [2.75, 3.05) is 7.05 Å². The molecule has 0 spiro atoms. The zero-order chi connectivity index (χ0) is 15.6. The number of hydrogen-bond donors (Lipinski definition) is 0. The first-order valence-electron chi connectivity index (χ1n) is 6.29. The van der Waals surface area contributed by atoms with Gasteiger partial charge in [0.05, 0.1) is 0 Å². The maximum Gasteiger partial charge on any atom is 0.411 e. The first kappa shape index (κ1) is 16.5. The van der Waals surface area contributed by atoms with E-state index >= 15 is 0 Å². The average Bonchev–Trinajstić information content (AvgIpc) is 2.34. The van der Waals surface area contributed by atoms with Crippen LogP contribution in [0.1, 0.15) is 33.3 Å². The molecular weight excluding hydrogens is 278 g/mol. The molecule has 0 aliphatic rings. The minimum Gasteiger partial charge on any atom is -0.444 e. The van der Waals surface area contributed by atoms with Gasteiger partial charge in [-0.3, -0.25) is 4.90 Å². The second-order valence-corrected chi connectivity index (χ2v) is 6.25. The summed E-state index contributed by atoms with van der Waals surface area (Å²) in [4.78, 5) is 25.0. The number of likely N-dealkylation sites (N-methyl/N-ethyl adjacent to an activating group) is 1. The van der Waals surface area contributed by atoms with Crippen LogP contribution in [0.4, 0.5) is 4.79 Å². The predicted octanol–water partition coefficient (Wildman–Crippen LogP) is 3.62. The summed E-state index contributed by atoms with van der Waals surface area (Å²) in [5, 5.41) is 0.508. The van der Waals surface area contributed by atoms with Crippen LogP contribution in [0.3, 0.4) is 0 Å². The van der Waals surface area contributed by atoms with Gasteiger partial charge in [-0.1, -0.05) is 23.7 Å². The lowest BCUT2D eigenvalue weighted by molar-refractivity contribution is -0.117. The summed E-state index contributed by atoms with van der Waals surface area (Å²) in [5.41, 5.74) is -1.12. The van der Waals surface area contributed by atoms with E-state index in [4.69, 9.17) is 16.3 Å². The molecule has 1 rings (SSSR count). The molecule has 0 N–H and O–H groups in total. The second-order valence-electron chi connectivity index (χ2n) is 5.82. The number of halogens is 1. The van der Waals surface area contributed by atoms with Gasteiger partial charge in [-0.15, -0.1) is 0 Å². The molecule has 5 heteroatoms. The maximum absolute atomic E-state index is 12.1. The van der Waals surface area contributed by atoms with Gasteiger partial charge in [0, 0.05) is 12.1 Å². The number of hydrogen-bond acceptors (Lipinski definition) is 3. The van der Waals surface area contributed by atoms with E-state index in [2.05, 4.69) is 0 Å². The summed E-state index contributed by atoms with van der Waals surface area (Å²) in [6.45, 7) is 6.97. The third-order valence-electron chi connectivity index (χ3n) is 3.00. The van der Waals surface area contributed by atoms with Crippen molar-refractivity contribution in [1.29, 1.82) is 0 Å². The summed E-state index contributed by atoms with van der Waals surface area (Å²) >= 11 is 5.95. The highest BCUT2D eigenvalue weighted by molar-refractivity contribution is 6.30. The normalized spacial score (nSPS) is 14.3. The van der Waals surface area contributed by atoms with Gasteiger partial charge in [0.15, 0.2) is 0 Å². The van der Waals surface area contributed by atoms with Crippen LogP contribution in [-0.2, 0) is 15.1 Å². The zero-order valence-electron chi connectivity index (χ0n) is 12.4. The van der Waals surface area contributed by atoms with Gasteiger partial charge in [-0.25, -0.2) is 4.79 Å². The lowest BCUT2D eigenvalue weighted by Gasteiger charge is -2.35. The van der Waals surface area contributed by atoms with E-state index in [-0.39, 0.29) is 0 Å². The molecule has 0 saturated heterocycles. The fraction of sp³-hybridized carbons (Fsp3) is 0.467. The van der Waals surface area contributed by atoms with Crippen LogP contribution in [0.15, 0.2) is 24.3 Å². The Balaban J connectivity index is 3.10. The molecule has 1 unspecified atom stereocenters. The molecule has 0 heterocycles. The number of benzene rings is 1. The largest absolute Gasteiger partial charge is 0.444 e. The van der Waals surface area contributed by atoms with E-state index in [0.717, 1.165) is 0 Å². The van der Waals surface area contributed by atoms with Crippen LogP contribution in [0.2, 0.25) is 5.02 Å². The van der Waals surface area contributed by atoms with Crippen LogP contribution >= 0.6 is 11.6 Å². The molecular formula is C15H20ClNO3. The number of rotatable bonds is 3. The number of nitrogens with zero attached hydrogens (tertiary/aromatic N) is 1. The second kappa shape index (κ2) is 5.83. The topological polar surface area (TPSA) is 46.6 Å². The Kier molecular flexibility index (Phi) is 4.81. The average molecular weight is 298 g/mol. The fourth-order valence-electron chi connectivity index (χ4n) is 1.66. The molecule has 0 aromatic heterocycles. The minimum absolute atomic E-state index is 0.508. The minimum atomic E-state index is -1.13. The van der Waals surface area contributed by atoms with Crippen molar-refractivity contribution in [3.05, 3.63) is 34.9 Å². The van der Waals surface area contributed by atoms with Gasteiger partial charge in [0.25, 0.3) is 0 Å². The van der Waals surface area contributed by atoms with E-state index in [9.17, 15) is 9.59 Å². The lowest BCUT2D eigenvalue weighted by atomic mass is 9.92. The van der Waals surface area contributed by atoms with Crippen LogP contribution in [0, 0.1) is 0 Å². The van der Waals surface area contributed by atoms with Crippen molar-refractivity contribution in [2.24, 2.45) is 0 Å². The third-order valence-corrected chi connectivity index (χ3v) is 3.24. The standard InChI is InChI=1S/C15H20ClNO3/c1-14(2,3)20-13(19)17(5)15(4,10-18)11-7-6-8-12(16)9-11/h6-10H,1-5H3. The van der Waals surface area contributed by atoms with Gasteiger partial charge in [-0.2, -0.15) is 0 Å². The van der Waals surface area contributed by atoms with E-state index in [1.807, 2.05) is 0 Å². The molecule has 110 valence electrons. The Hall–Kier alpha value is -1.55. The summed E-state index contributed by atoms with van der Waals surface area (Å²) < 4.78 is 5.29. The number of amides is 1. The molecule has 1 atom stereocenters. The molecule has 0 fully saturated rings. The molecule has 1 amide bonds. The van der Waals surface area contributed by atoms with Gasteiger partial charge in [0.1, 0.15) is 17.4 Å². The Morgan fingerprint density at radius 2 is 1.90 bits per heavy atom. The van der Waals surface area contributed by atoms with Crippen LogP contribution in [0.5, 0.6) is 0 Å². The molecule has 0 radical (unpaired) electrons. The first-order valence-corrected chi connectivity index (χ1v) is 6.67. The van der Waals surface area contributed by atoms with E-state index < -0.39 is 17.2 Å². The van der Waals surface area contributed by atoms with Crippen molar-refractivity contribution < 1.29 is 14.3 Å². The van der Waals surface area contributed by atoms with Crippen LogP contribution < -0.4 is 0 Å². The van der Waals surface area contributed by atoms with Crippen molar-refractivity contribution in [3.8, 4) is 0 Å². The molecule has 1 aromatic carbocycles. The molecule has 0 saturated carbocycles. The Morgan fingerprint density at radius 3 is 2.35 bits per heavy atom. The molecule has 0 bridgehead atoms. The van der Waals surface area contributed by atoms with Crippen molar-refractivity contribution >= 4 is 24.0 Å². The van der Waals surface area contributed by atoms with Crippen LogP contribution in [0.25, 0.3) is 0 Å². The monoisotopic (exact) mass is 297 g/mol. The maximum atomic E-state index is 12.1. The highest BCUT2D eigenvalue weighted by Gasteiger charge is 2.36. The SMILES string of the molecule is CN(C(=O)OC(C)(C)C)C(C)(C=O)c1cccc(Cl)c1. The Morgan fingerprint density at radius 1 is 1.30 bits per heavy atom. The van der Waals surface area contributed by atoms with Gasteiger partial charge >= 0.3 is 6.09 Å². The smallest absolute Gasteiger partial charge is 0.411 e. The van der Waals surface area contributed by atoms with Gasteiger partial charge < -0.3 is 9.53 Å². The highest BCUT2D eigenvalue weighted by atomic mass is 35.5. The summed E-state index contributed by atoms with van der Waals surface area (Å²) in [6, 6.07) is 6.87. The lowest BCUT2D eigenvalue weighted by Crippen LogP contribution is -2.48. The van der Waals surface area contributed by atoms with E-state index in [1.54, 1.807) is 52.0 Å². The number of aldehydes is 1. The third kappa shape index (κ3) is 3.73. The number of carbonyl (C=O) groups excluding carboxylic acids is 2. The van der Waals surface area contributed by atoms with E-state index in [0.29, 0.717) is 16.9 Å². The first-order chi connectivity index (χ1) is 9.10. The van der Waals surface area contributed by atoms with Crippen molar-refractivity contribution in [1.82, 2.24) is 4.90 Å². The molecule has 20 heavy (non-hydrogen) atoms.